The highest BCUT2D eigenvalue weighted by atomic mass is 16.5. The molecular formula is C18H21NO. The number of fused-ring (bicyclic) bond motifs is 1. The molecule has 0 aromatic heterocycles. The van der Waals surface area contributed by atoms with Crippen LogP contribution in [0.3, 0.4) is 0 Å². The van der Waals surface area contributed by atoms with Crippen LogP contribution in [0, 0.1) is 0 Å². The third-order valence-corrected chi connectivity index (χ3v) is 4.14. The number of hydrogen-bond donors (Lipinski definition) is 1. The number of aryl methyl sites for hydroxylation is 1. The summed E-state index contributed by atoms with van der Waals surface area (Å²) in [6.45, 7) is 2.20. The van der Waals surface area contributed by atoms with Crippen molar-refractivity contribution in [1.82, 2.24) is 5.32 Å². The van der Waals surface area contributed by atoms with E-state index in [9.17, 15) is 0 Å². The number of para-hydroxylation sites is 1. The van der Waals surface area contributed by atoms with Crippen LogP contribution in [-0.4, -0.2) is 7.05 Å². The Morgan fingerprint density at radius 2 is 1.75 bits per heavy atom. The molecule has 0 bridgehead atoms. The Hall–Kier alpha value is -1.80. The quantitative estimate of drug-likeness (QED) is 0.906. The van der Waals surface area contributed by atoms with Gasteiger partial charge in [-0.1, -0.05) is 49.4 Å². The average Bonchev–Trinajstić information content (AvgIpc) is 2.53. The van der Waals surface area contributed by atoms with Gasteiger partial charge in [0.2, 0.25) is 0 Å². The molecule has 0 saturated carbocycles. The Morgan fingerprint density at radius 3 is 2.50 bits per heavy atom. The topological polar surface area (TPSA) is 21.3 Å². The normalized spacial score (nSPS) is 21.1. The first-order chi connectivity index (χ1) is 9.83. The molecule has 20 heavy (non-hydrogen) atoms. The first-order valence-corrected chi connectivity index (χ1v) is 7.34. The summed E-state index contributed by atoms with van der Waals surface area (Å²) in [5, 5.41) is 3.42. The van der Waals surface area contributed by atoms with Crippen LogP contribution < -0.4 is 10.1 Å². The molecule has 104 valence electrons. The molecule has 0 fully saturated rings. The van der Waals surface area contributed by atoms with E-state index in [1.54, 1.807) is 0 Å². The van der Waals surface area contributed by atoms with Gasteiger partial charge in [-0.15, -0.1) is 0 Å². The van der Waals surface area contributed by atoms with E-state index in [4.69, 9.17) is 4.74 Å². The van der Waals surface area contributed by atoms with Crippen LogP contribution in [0.1, 0.15) is 42.2 Å². The van der Waals surface area contributed by atoms with E-state index >= 15 is 0 Å². The second-order valence-electron chi connectivity index (χ2n) is 5.27. The van der Waals surface area contributed by atoms with E-state index in [2.05, 4.69) is 54.7 Å². The Labute approximate surface area is 120 Å². The van der Waals surface area contributed by atoms with Gasteiger partial charge in [0.15, 0.2) is 0 Å². The zero-order valence-corrected chi connectivity index (χ0v) is 12.1. The van der Waals surface area contributed by atoms with E-state index in [1.807, 2.05) is 13.1 Å². The van der Waals surface area contributed by atoms with Gasteiger partial charge in [-0.05, 0) is 30.7 Å². The molecule has 2 atom stereocenters. The molecule has 2 unspecified atom stereocenters. The van der Waals surface area contributed by atoms with Gasteiger partial charge in [-0.2, -0.15) is 0 Å². The van der Waals surface area contributed by atoms with Crippen LogP contribution in [0.5, 0.6) is 5.75 Å². The van der Waals surface area contributed by atoms with Crippen LogP contribution >= 0.6 is 0 Å². The highest BCUT2D eigenvalue weighted by Crippen LogP contribution is 2.41. The first-order valence-electron chi connectivity index (χ1n) is 7.34. The minimum Gasteiger partial charge on any atom is -0.485 e. The predicted molar refractivity (Wildman–Crippen MR) is 82.0 cm³/mol. The molecule has 1 heterocycles. The predicted octanol–water partition coefficient (Wildman–Crippen LogP) is 4.03. The molecule has 1 N–H and O–H groups in total. The molecule has 0 amide bonds. The van der Waals surface area contributed by atoms with E-state index in [-0.39, 0.29) is 6.10 Å². The fourth-order valence-corrected chi connectivity index (χ4v) is 3.05. The molecule has 2 aromatic rings. The summed E-state index contributed by atoms with van der Waals surface area (Å²) in [7, 11) is 2.02. The first kappa shape index (κ1) is 13.2. The lowest BCUT2D eigenvalue weighted by Crippen LogP contribution is -2.27. The molecule has 2 heteroatoms. The molecule has 3 rings (SSSR count). The van der Waals surface area contributed by atoms with Crippen molar-refractivity contribution in [2.24, 2.45) is 0 Å². The summed E-state index contributed by atoms with van der Waals surface area (Å²) in [5.74, 6) is 1.01. The number of ether oxygens (including phenoxy) is 1. The fourth-order valence-electron chi connectivity index (χ4n) is 3.05. The highest BCUT2D eigenvalue weighted by molar-refractivity contribution is 5.40. The smallest absolute Gasteiger partial charge is 0.126 e. The number of rotatable bonds is 3. The number of benzene rings is 2. The zero-order chi connectivity index (χ0) is 13.9. The SMILES string of the molecule is CCc1ccccc1C1CC(NC)c2ccccc2O1. The zero-order valence-electron chi connectivity index (χ0n) is 12.1. The largest absolute Gasteiger partial charge is 0.485 e. The third-order valence-electron chi connectivity index (χ3n) is 4.14. The average molecular weight is 267 g/mol. The summed E-state index contributed by atoms with van der Waals surface area (Å²) in [5.41, 5.74) is 3.97. The maximum Gasteiger partial charge on any atom is 0.126 e. The van der Waals surface area contributed by atoms with E-state index in [0.717, 1.165) is 18.6 Å². The summed E-state index contributed by atoms with van der Waals surface area (Å²) in [6, 6.07) is 17.3. The Balaban J connectivity index is 1.98. The highest BCUT2D eigenvalue weighted by Gasteiger charge is 2.28. The molecule has 2 nitrogen and oxygen atoms in total. The molecule has 0 spiro atoms. The molecule has 1 aliphatic rings. The number of nitrogens with one attached hydrogen (secondary N) is 1. The van der Waals surface area contributed by atoms with Crippen molar-refractivity contribution in [3.8, 4) is 5.75 Å². The Kier molecular flexibility index (Phi) is 3.75. The van der Waals surface area contributed by atoms with Gasteiger partial charge in [-0.25, -0.2) is 0 Å². The maximum absolute atomic E-state index is 6.25. The molecule has 0 aliphatic carbocycles. The van der Waals surface area contributed by atoms with Crippen molar-refractivity contribution in [3.63, 3.8) is 0 Å². The summed E-state index contributed by atoms with van der Waals surface area (Å²) in [4.78, 5) is 0. The minimum absolute atomic E-state index is 0.137. The van der Waals surface area contributed by atoms with Crippen LogP contribution in [0.2, 0.25) is 0 Å². The van der Waals surface area contributed by atoms with Gasteiger partial charge >= 0.3 is 0 Å². The van der Waals surface area contributed by atoms with Gasteiger partial charge < -0.3 is 10.1 Å². The summed E-state index contributed by atoms with van der Waals surface area (Å²) >= 11 is 0. The van der Waals surface area contributed by atoms with Crippen LogP contribution in [0.4, 0.5) is 0 Å². The number of hydrogen-bond acceptors (Lipinski definition) is 2. The van der Waals surface area contributed by atoms with E-state index < -0.39 is 0 Å². The van der Waals surface area contributed by atoms with Crippen molar-refractivity contribution in [1.29, 1.82) is 0 Å². The van der Waals surface area contributed by atoms with Gasteiger partial charge in [0.1, 0.15) is 11.9 Å². The van der Waals surface area contributed by atoms with Crippen molar-refractivity contribution < 1.29 is 4.74 Å². The second kappa shape index (κ2) is 5.68. The molecule has 1 aliphatic heterocycles. The lowest BCUT2D eigenvalue weighted by molar-refractivity contribution is 0.153. The lowest BCUT2D eigenvalue weighted by Gasteiger charge is -2.33. The standard InChI is InChI=1S/C18H21NO/c1-3-13-8-4-5-9-14(13)18-12-16(19-2)15-10-6-7-11-17(15)20-18/h4-11,16,18-19H,3,12H2,1-2H3. The third kappa shape index (κ3) is 2.32. The maximum atomic E-state index is 6.25. The lowest BCUT2D eigenvalue weighted by atomic mass is 9.90. The van der Waals surface area contributed by atoms with Crippen molar-refractivity contribution in [2.75, 3.05) is 7.05 Å². The fraction of sp³-hybridized carbons (Fsp3) is 0.333. The van der Waals surface area contributed by atoms with Crippen LogP contribution in [-0.2, 0) is 6.42 Å². The van der Waals surface area contributed by atoms with Gasteiger partial charge in [0.25, 0.3) is 0 Å². The van der Waals surface area contributed by atoms with Crippen LogP contribution in [0.25, 0.3) is 0 Å². The molecule has 2 aromatic carbocycles. The van der Waals surface area contributed by atoms with E-state index in [0.29, 0.717) is 6.04 Å². The van der Waals surface area contributed by atoms with E-state index in [1.165, 1.54) is 16.7 Å². The summed E-state index contributed by atoms with van der Waals surface area (Å²) < 4.78 is 6.25. The second-order valence-corrected chi connectivity index (χ2v) is 5.27. The van der Waals surface area contributed by atoms with Crippen molar-refractivity contribution >= 4 is 0 Å². The minimum atomic E-state index is 0.137. The molecule has 0 radical (unpaired) electrons. The van der Waals surface area contributed by atoms with Crippen LogP contribution in [0.15, 0.2) is 48.5 Å². The summed E-state index contributed by atoms with van der Waals surface area (Å²) in [6.07, 6.45) is 2.16. The van der Waals surface area contributed by atoms with Gasteiger partial charge in [0, 0.05) is 18.0 Å². The molecular weight excluding hydrogens is 246 g/mol. The van der Waals surface area contributed by atoms with Gasteiger partial charge in [0.05, 0.1) is 0 Å². The van der Waals surface area contributed by atoms with Crippen molar-refractivity contribution in [3.05, 3.63) is 65.2 Å². The van der Waals surface area contributed by atoms with Crippen molar-refractivity contribution in [2.45, 2.75) is 31.9 Å². The molecule has 0 saturated heterocycles. The monoisotopic (exact) mass is 267 g/mol. The van der Waals surface area contributed by atoms with Gasteiger partial charge in [-0.3, -0.25) is 0 Å². The Bertz CT molecular complexity index is 593. The Morgan fingerprint density at radius 1 is 1.05 bits per heavy atom.